The topological polar surface area (TPSA) is 85.4 Å². The Morgan fingerprint density at radius 1 is 1.06 bits per heavy atom. The standard InChI is InChI=1S/C27H44N2O6S/c1-5-9-10-17-36(31,32)29(14-7-3)16-15-28-19-22(21-12-13-24-25(18-21)35-20-34-24)26(23(28)11-6-2)27(30)33-8-4/h12-13,18,22-23,26H,5-11,14-17,19-20H2,1-4H3/t22-,23-,26+/m1/s1. The van der Waals surface area contributed by atoms with E-state index in [0.717, 1.165) is 43.4 Å². The summed E-state index contributed by atoms with van der Waals surface area (Å²) < 4.78 is 44.4. The minimum absolute atomic E-state index is 0.00394. The zero-order chi connectivity index (χ0) is 26.1. The zero-order valence-corrected chi connectivity index (χ0v) is 23.2. The largest absolute Gasteiger partial charge is 0.466 e. The first kappa shape index (κ1) is 28.7. The Morgan fingerprint density at radius 3 is 2.53 bits per heavy atom. The molecule has 0 unspecified atom stereocenters. The van der Waals surface area contributed by atoms with Crippen LogP contribution in [-0.2, 0) is 19.6 Å². The van der Waals surface area contributed by atoms with Gasteiger partial charge in [-0.05, 0) is 43.9 Å². The average molecular weight is 525 g/mol. The molecule has 8 nitrogen and oxygen atoms in total. The second-order valence-electron chi connectivity index (χ2n) is 9.77. The molecule has 1 saturated heterocycles. The quantitative estimate of drug-likeness (QED) is 0.248. The van der Waals surface area contributed by atoms with Crippen LogP contribution >= 0.6 is 0 Å². The number of carbonyl (C=O) groups is 1. The zero-order valence-electron chi connectivity index (χ0n) is 22.4. The van der Waals surface area contributed by atoms with Gasteiger partial charge in [-0.15, -0.1) is 0 Å². The molecule has 2 heterocycles. The molecular weight excluding hydrogens is 480 g/mol. The average Bonchev–Trinajstić information content (AvgIpc) is 3.46. The van der Waals surface area contributed by atoms with E-state index in [-0.39, 0.29) is 36.4 Å². The summed E-state index contributed by atoms with van der Waals surface area (Å²) in [5.74, 6) is 1.06. The van der Waals surface area contributed by atoms with E-state index in [1.54, 1.807) is 4.31 Å². The molecule has 9 heteroatoms. The van der Waals surface area contributed by atoms with E-state index in [4.69, 9.17) is 14.2 Å². The summed E-state index contributed by atoms with van der Waals surface area (Å²) in [7, 11) is -3.30. The van der Waals surface area contributed by atoms with Crippen molar-refractivity contribution in [1.29, 1.82) is 0 Å². The molecule has 204 valence electrons. The fourth-order valence-electron chi connectivity index (χ4n) is 5.47. The lowest BCUT2D eigenvalue weighted by Gasteiger charge is -2.30. The summed E-state index contributed by atoms with van der Waals surface area (Å²) in [4.78, 5) is 15.5. The van der Waals surface area contributed by atoms with Gasteiger partial charge in [0.05, 0.1) is 18.3 Å². The van der Waals surface area contributed by atoms with Gasteiger partial charge < -0.3 is 14.2 Å². The van der Waals surface area contributed by atoms with E-state index >= 15 is 0 Å². The van der Waals surface area contributed by atoms with Gasteiger partial charge >= 0.3 is 5.97 Å². The lowest BCUT2D eigenvalue weighted by molar-refractivity contribution is -0.149. The lowest BCUT2D eigenvalue weighted by atomic mass is 9.83. The van der Waals surface area contributed by atoms with E-state index in [1.807, 2.05) is 32.0 Å². The number of sulfonamides is 1. The number of benzene rings is 1. The van der Waals surface area contributed by atoms with Gasteiger partial charge in [-0.25, -0.2) is 12.7 Å². The van der Waals surface area contributed by atoms with Crippen molar-refractivity contribution in [2.24, 2.45) is 5.92 Å². The van der Waals surface area contributed by atoms with Crippen LogP contribution in [-0.4, -0.2) is 75.0 Å². The predicted octanol–water partition coefficient (Wildman–Crippen LogP) is 4.39. The van der Waals surface area contributed by atoms with Crippen molar-refractivity contribution in [3.8, 4) is 11.5 Å². The maximum absolute atomic E-state index is 13.2. The third kappa shape index (κ3) is 6.92. The molecular formula is C27H44N2O6S. The highest BCUT2D eigenvalue weighted by atomic mass is 32.2. The number of esters is 1. The van der Waals surface area contributed by atoms with E-state index in [0.29, 0.717) is 45.0 Å². The van der Waals surface area contributed by atoms with Crippen LogP contribution in [0.4, 0.5) is 0 Å². The molecule has 36 heavy (non-hydrogen) atoms. The molecule has 0 saturated carbocycles. The maximum atomic E-state index is 13.2. The fourth-order valence-corrected chi connectivity index (χ4v) is 7.12. The Bertz CT molecular complexity index is 954. The number of carbonyl (C=O) groups excluding carboxylic acids is 1. The van der Waals surface area contributed by atoms with Crippen LogP contribution in [0.25, 0.3) is 0 Å². The number of fused-ring (bicyclic) bond motifs is 1. The molecule has 2 aliphatic heterocycles. The van der Waals surface area contributed by atoms with Gasteiger partial charge in [-0.2, -0.15) is 0 Å². The Balaban J connectivity index is 1.83. The molecule has 3 atom stereocenters. The molecule has 2 aliphatic rings. The summed E-state index contributed by atoms with van der Waals surface area (Å²) in [6.07, 6.45) is 5.16. The first-order chi connectivity index (χ1) is 17.4. The molecule has 0 aliphatic carbocycles. The van der Waals surface area contributed by atoms with Gasteiger partial charge in [0.2, 0.25) is 16.8 Å². The Labute approximate surface area is 217 Å². The smallest absolute Gasteiger partial charge is 0.311 e. The van der Waals surface area contributed by atoms with Crippen LogP contribution < -0.4 is 9.47 Å². The molecule has 0 spiro atoms. The molecule has 0 radical (unpaired) electrons. The minimum atomic E-state index is -3.30. The van der Waals surface area contributed by atoms with Crippen molar-refractivity contribution in [1.82, 2.24) is 9.21 Å². The highest BCUT2D eigenvalue weighted by Crippen LogP contribution is 2.43. The van der Waals surface area contributed by atoms with E-state index < -0.39 is 10.0 Å². The number of likely N-dealkylation sites (tertiary alicyclic amines) is 1. The van der Waals surface area contributed by atoms with Crippen molar-refractivity contribution >= 4 is 16.0 Å². The third-order valence-corrected chi connectivity index (χ3v) is 9.18. The Hall–Kier alpha value is -1.84. The summed E-state index contributed by atoms with van der Waals surface area (Å²) >= 11 is 0. The van der Waals surface area contributed by atoms with Gasteiger partial charge in [0, 0.05) is 38.1 Å². The number of ether oxygens (including phenoxy) is 3. The lowest BCUT2D eigenvalue weighted by Crippen LogP contribution is -2.43. The van der Waals surface area contributed by atoms with Gasteiger partial charge in [0.1, 0.15) is 0 Å². The Kier molecular flexibility index (Phi) is 10.9. The fraction of sp³-hybridized carbons (Fsp3) is 0.741. The van der Waals surface area contributed by atoms with Gasteiger partial charge in [-0.3, -0.25) is 9.69 Å². The van der Waals surface area contributed by atoms with Crippen molar-refractivity contribution in [2.75, 3.05) is 45.3 Å². The highest BCUT2D eigenvalue weighted by Gasteiger charge is 2.47. The van der Waals surface area contributed by atoms with Gasteiger partial charge in [-0.1, -0.05) is 46.1 Å². The van der Waals surface area contributed by atoms with Crippen molar-refractivity contribution < 1.29 is 27.4 Å². The third-order valence-electron chi connectivity index (χ3n) is 7.23. The van der Waals surface area contributed by atoms with Crippen molar-refractivity contribution in [3.63, 3.8) is 0 Å². The second kappa shape index (κ2) is 13.6. The van der Waals surface area contributed by atoms with Crippen LogP contribution in [0.5, 0.6) is 11.5 Å². The number of nitrogens with zero attached hydrogens (tertiary/aromatic N) is 2. The molecule has 0 amide bonds. The minimum Gasteiger partial charge on any atom is -0.466 e. The van der Waals surface area contributed by atoms with Crippen LogP contribution in [0.15, 0.2) is 18.2 Å². The normalized spacial score (nSPS) is 21.9. The monoisotopic (exact) mass is 524 g/mol. The summed E-state index contributed by atoms with van der Waals surface area (Å²) in [6.45, 7) is 10.8. The molecule has 1 fully saturated rings. The molecule has 0 bridgehead atoms. The molecule has 0 aromatic heterocycles. The van der Waals surface area contributed by atoms with Gasteiger partial charge in [0.25, 0.3) is 0 Å². The predicted molar refractivity (Wildman–Crippen MR) is 141 cm³/mol. The first-order valence-corrected chi connectivity index (χ1v) is 15.2. The molecule has 1 aromatic rings. The van der Waals surface area contributed by atoms with Crippen LogP contribution in [0.2, 0.25) is 0 Å². The van der Waals surface area contributed by atoms with Crippen molar-refractivity contribution in [2.45, 2.75) is 78.2 Å². The molecule has 0 N–H and O–H groups in total. The van der Waals surface area contributed by atoms with Gasteiger partial charge in [0.15, 0.2) is 11.5 Å². The van der Waals surface area contributed by atoms with Crippen molar-refractivity contribution in [3.05, 3.63) is 23.8 Å². The summed E-state index contributed by atoms with van der Waals surface area (Å²) in [5, 5.41) is 0. The molecule has 3 rings (SSSR count). The number of unbranched alkanes of at least 4 members (excludes halogenated alkanes) is 2. The molecule has 1 aromatic carbocycles. The van der Waals surface area contributed by atoms with E-state index in [1.165, 1.54) is 0 Å². The highest BCUT2D eigenvalue weighted by molar-refractivity contribution is 7.89. The number of rotatable bonds is 15. The van der Waals surface area contributed by atoms with Crippen LogP contribution in [0.3, 0.4) is 0 Å². The Morgan fingerprint density at radius 2 is 1.83 bits per heavy atom. The number of hydrogen-bond donors (Lipinski definition) is 0. The van der Waals surface area contributed by atoms with Crippen LogP contribution in [0, 0.1) is 5.92 Å². The maximum Gasteiger partial charge on any atom is 0.311 e. The van der Waals surface area contributed by atoms with E-state index in [9.17, 15) is 13.2 Å². The van der Waals surface area contributed by atoms with E-state index in [2.05, 4.69) is 18.7 Å². The summed E-state index contributed by atoms with van der Waals surface area (Å²) in [6, 6.07) is 5.89. The second-order valence-corrected chi connectivity index (χ2v) is 11.9. The first-order valence-electron chi connectivity index (χ1n) is 13.6. The number of hydrogen-bond acceptors (Lipinski definition) is 7. The SMILES string of the molecule is CCCCCS(=O)(=O)N(CCC)CCN1C[C@H](c2ccc3c(c2)OCO3)[C@H](C(=O)OCC)[C@H]1CCC. The van der Waals surface area contributed by atoms with Crippen LogP contribution in [0.1, 0.15) is 77.7 Å². The summed E-state index contributed by atoms with van der Waals surface area (Å²) in [5.41, 5.74) is 1.03.